The highest BCUT2D eigenvalue weighted by Gasteiger charge is 2.24. The lowest BCUT2D eigenvalue weighted by atomic mass is 10.0. The normalized spacial score (nSPS) is 10.8. The Balaban J connectivity index is 2.06. The van der Waals surface area contributed by atoms with Crippen molar-refractivity contribution in [3.63, 3.8) is 0 Å². The van der Waals surface area contributed by atoms with Gasteiger partial charge < -0.3 is 9.72 Å². The molecule has 25 heavy (non-hydrogen) atoms. The molecule has 0 bridgehead atoms. The summed E-state index contributed by atoms with van der Waals surface area (Å²) in [5, 5.41) is 2.66. The summed E-state index contributed by atoms with van der Waals surface area (Å²) in [6, 6.07) is 13.2. The van der Waals surface area contributed by atoms with Crippen LogP contribution in [0.25, 0.3) is 16.6 Å². The number of hydrogen-bond acceptors (Lipinski definition) is 2. The first-order chi connectivity index (χ1) is 12.1. The van der Waals surface area contributed by atoms with Crippen LogP contribution in [-0.4, -0.2) is 22.6 Å². The van der Waals surface area contributed by atoms with Gasteiger partial charge in [-0.15, -0.1) is 0 Å². The molecule has 1 N–H and O–H groups in total. The minimum absolute atomic E-state index is 0.288. The number of rotatable bonds is 6. The summed E-state index contributed by atoms with van der Waals surface area (Å²) in [6.07, 6.45) is 3.50. The average Bonchev–Trinajstić information content (AvgIpc) is 3.01. The van der Waals surface area contributed by atoms with E-state index < -0.39 is 11.7 Å². The van der Waals surface area contributed by atoms with Gasteiger partial charge in [0.15, 0.2) is 0 Å². The van der Waals surface area contributed by atoms with Crippen molar-refractivity contribution >= 4 is 17.2 Å². The van der Waals surface area contributed by atoms with Crippen molar-refractivity contribution in [1.29, 1.82) is 0 Å². The van der Waals surface area contributed by atoms with Gasteiger partial charge in [0.25, 0.3) is 11.7 Å². The first-order valence-corrected chi connectivity index (χ1v) is 8.30. The lowest BCUT2D eigenvalue weighted by Crippen LogP contribution is -2.32. The van der Waals surface area contributed by atoms with E-state index in [1.807, 2.05) is 25.1 Å². The number of hydrogen-bond donors (Lipinski definition) is 1. The molecule has 0 saturated carbocycles. The molecule has 0 unspecified atom stereocenters. The number of Topliss-reactive ketones (excluding diaryl/α,β-unsaturated/α-hetero) is 1. The third kappa shape index (κ3) is 3.45. The molecule has 5 heteroatoms. The minimum Gasteiger partial charge on any atom is -0.349 e. The van der Waals surface area contributed by atoms with Crippen LogP contribution in [0.3, 0.4) is 0 Å². The highest BCUT2D eigenvalue weighted by Crippen LogP contribution is 2.28. The molecule has 0 atom stereocenters. The second-order valence-electron chi connectivity index (χ2n) is 5.85. The van der Waals surface area contributed by atoms with E-state index >= 15 is 0 Å². The summed E-state index contributed by atoms with van der Waals surface area (Å²) in [7, 11) is 0. The maximum absolute atomic E-state index is 13.2. The Morgan fingerprint density at radius 1 is 1.12 bits per heavy atom. The third-order valence-corrected chi connectivity index (χ3v) is 4.07. The number of unbranched alkanes of at least 4 members (excludes halogenated alkanes) is 1. The maximum atomic E-state index is 13.2. The topological polar surface area (TPSA) is 50.6 Å². The van der Waals surface area contributed by atoms with Gasteiger partial charge >= 0.3 is 0 Å². The third-order valence-electron chi connectivity index (χ3n) is 4.07. The first-order valence-electron chi connectivity index (χ1n) is 8.30. The van der Waals surface area contributed by atoms with Crippen LogP contribution in [0.4, 0.5) is 4.39 Å². The molecule has 0 aliphatic carbocycles. The van der Waals surface area contributed by atoms with Crippen molar-refractivity contribution in [2.75, 3.05) is 6.54 Å². The minimum atomic E-state index is -0.624. The SMILES string of the molecule is CCCCNC(=O)C(=O)c1c(-c2ccc(F)cc2)cc2ccccn12. The number of benzene rings is 1. The monoisotopic (exact) mass is 338 g/mol. The summed E-state index contributed by atoms with van der Waals surface area (Å²) in [5.74, 6) is -1.57. The Bertz CT molecular complexity index is 913. The van der Waals surface area contributed by atoms with Gasteiger partial charge in [0, 0.05) is 23.8 Å². The second-order valence-corrected chi connectivity index (χ2v) is 5.85. The molecule has 128 valence electrons. The molecule has 0 fully saturated rings. The number of nitrogens with one attached hydrogen (secondary N) is 1. The standard InChI is InChI=1S/C20H19FN2O2/c1-2-3-11-22-20(25)19(24)18-17(14-7-9-15(21)10-8-14)13-16-6-4-5-12-23(16)18/h4-10,12-13H,2-3,11H2,1H3,(H,22,25). The zero-order valence-electron chi connectivity index (χ0n) is 14.0. The van der Waals surface area contributed by atoms with Crippen LogP contribution in [-0.2, 0) is 4.79 Å². The molecule has 3 aromatic rings. The predicted octanol–water partition coefficient (Wildman–Crippen LogP) is 3.84. The molecular formula is C20H19FN2O2. The Labute approximate surface area is 145 Å². The fraction of sp³-hybridized carbons (Fsp3) is 0.200. The van der Waals surface area contributed by atoms with Gasteiger partial charge in [0.1, 0.15) is 11.5 Å². The van der Waals surface area contributed by atoms with Crippen LogP contribution in [0, 0.1) is 5.82 Å². The van der Waals surface area contributed by atoms with E-state index in [-0.39, 0.29) is 11.5 Å². The maximum Gasteiger partial charge on any atom is 0.294 e. The summed E-state index contributed by atoms with van der Waals surface area (Å²) in [5.41, 5.74) is 2.39. The van der Waals surface area contributed by atoms with Crippen molar-refractivity contribution in [2.45, 2.75) is 19.8 Å². The van der Waals surface area contributed by atoms with Crippen LogP contribution in [0.2, 0.25) is 0 Å². The fourth-order valence-electron chi connectivity index (χ4n) is 2.77. The summed E-state index contributed by atoms with van der Waals surface area (Å²) in [4.78, 5) is 25.0. The van der Waals surface area contributed by atoms with E-state index in [2.05, 4.69) is 5.32 Å². The molecule has 0 spiro atoms. The largest absolute Gasteiger partial charge is 0.349 e. The van der Waals surface area contributed by atoms with Crippen LogP contribution in [0.1, 0.15) is 30.3 Å². The van der Waals surface area contributed by atoms with E-state index in [0.717, 1.165) is 18.4 Å². The van der Waals surface area contributed by atoms with Gasteiger partial charge in [-0.3, -0.25) is 9.59 Å². The summed E-state index contributed by atoms with van der Waals surface area (Å²) >= 11 is 0. The number of carbonyl (C=O) groups excluding carboxylic acids is 2. The van der Waals surface area contributed by atoms with E-state index in [1.165, 1.54) is 12.1 Å². The zero-order chi connectivity index (χ0) is 17.8. The molecule has 0 radical (unpaired) electrons. The summed E-state index contributed by atoms with van der Waals surface area (Å²) in [6.45, 7) is 2.48. The molecule has 2 aromatic heterocycles. The van der Waals surface area contributed by atoms with Crippen molar-refractivity contribution in [2.24, 2.45) is 0 Å². The van der Waals surface area contributed by atoms with Crippen LogP contribution in [0.15, 0.2) is 54.7 Å². The predicted molar refractivity (Wildman–Crippen MR) is 95.0 cm³/mol. The number of fused-ring (bicyclic) bond motifs is 1. The Morgan fingerprint density at radius 3 is 2.60 bits per heavy atom. The van der Waals surface area contributed by atoms with Gasteiger partial charge in [-0.05, 0) is 42.3 Å². The number of aromatic nitrogens is 1. The second kappa shape index (κ2) is 7.30. The zero-order valence-corrected chi connectivity index (χ0v) is 14.0. The Kier molecular flexibility index (Phi) is 4.93. The Morgan fingerprint density at radius 2 is 1.88 bits per heavy atom. The molecule has 3 rings (SSSR count). The van der Waals surface area contributed by atoms with Crippen molar-refractivity contribution < 1.29 is 14.0 Å². The van der Waals surface area contributed by atoms with Crippen LogP contribution < -0.4 is 5.32 Å². The highest BCUT2D eigenvalue weighted by atomic mass is 19.1. The van der Waals surface area contributed by atoms with Gasteiger partial charge in [-0.1, -0.05) is 31.5 Å². The molecule has 1 amide bonds. The summed E-state index contributed by atoms with van der Waals surface area (Å²) < 4.78 is 14.9. The smallest absolute Gasteiger partial charge is 0.294 e. The lowest BCUT2D eigenvalue weighted by molar-refractivity contribution is -0.117. The quantitative estimate of drug-likeness (QED) is 0.422. The fourth-order valence-corrected chi connectivity index (χ4v) is 2.77. The molecule has 0 saturated heterocycles. The molecule has 1 aromatic carbocycles. The molecule has 0 aliphatic rings. The van der Waals surface area contributed by atoms with Gasteiger partial charge in [0.2, 0.25) is 0 Å². The number of nitrogens with zero attached hydrogens (tertiary/aromatic N) is 1. The van der Waals surface area contributed by atoms with Crippen molar-refractivity contribution in [3.8, 4) is 11.1 Å². The number of pyridine rings is 1. The van der Waals surface area contributed by atoms with Crippen LogP contribution in [0.5, 0.6) is 0 Å². The van der Waals surface area contributed by atoms with E-state index in [1.54, 1.807) is 28.8 Å². The number of amides is 1. The molecule has 2 heterocycles. The molecular weight excluding hydrogens is 319 g/mol. The highest BCUT2D eigenvalue weighted by molar-refractivity contribution is 6.43. The van der Waals surface area contributed by atoms with E-state index in [9.17, 15) is 14.0 Å². The number of ketones is 1. The van der Waals surface area contributed by atoms with E-state index in [4.69, 9.17) is 0 Å². The first kappa shape index (κ1) is 16.9. The van der Waals surface area contributed by atoms with Gasteiger partial charge in [-0.25, -0.2) is 4.39 Å². The van der Waals surface area contributed by atoms with E-state index in [0.29, 0.717) is 17.7 Å². The lowest BCUT2D eigenvalue weighted by Gasteiger charge is -2.07. The van der Waals surface area contributed by atoms with Crippen molar-refractivity contribution in [3.05, 3.63) is 66.2 Å². The van der Waals surface area contributed by atoms with Crippen LogP contribution >= 0.6 is 0 Å². The average molecular weight is 338 g/mol. The number of carbonyl (C=O) groups is 2. The van der Waals surface area contributed by atoms with Crippen molar-refractivity contribution in [1.82, 2.24) is 9.72 Å². The Hall–Kier alpha value is -2.95. The molecule has 4 nitrogen and oxygen atoms in total. The van der Waals surface area contributed by atoms with Gasteiger partial charge in [-0.2, -0.15) is 0 Å². The number of halogens is 1. The van der Waals surface area contributed by atoms with Gasteiger partial charge in [0.05, 0.1) is 0 Å². The molecule has 0 aliphatic heterocycles.